The molecule has 0 bridgehead atoms. The number of carbonyl (C=O) groups is 4. The van der Waals surface area contributed by atoms with E-state index in [1.165, 1.54) is 14.2 Å². The molecule has 9 nitrogen and oxygen atoms in total. The standard InChI is InChI=1S/C21H30N2O7/c1-11-7-12(2)9-23(8-11)15(24)10-30-21(27)18-16(19(25)28-5)13(3)22-14(4)17(18)20(26)29-6/h11-12,18,22H,7-10H2,1-6H3. The highest BCUT2D eigenvalue weighted by molar-refractivity contribution is 6.05. The van der Waals surface area contributed by atoms with E-state index in [0.29, 0.717) is 36.3 Å². The average molecular weight is 422 g/mol. The maximum Gasteiger partial charge on any atom is 0.336 e. The molecule has 1 N–H and O–H groups in total. The Labute approximate surface area is 176 Å². The number of carbonyl (C=O) groups excluding carboxylic acids is 4. The third kappa shape index (κ3) is 5.01. The normalized spacial score (nSPS) is 22.4. The van der Waals surface area contributed by atoms with E-state index in [2.05, 4.69) is 19.2 Å². The lowest BCUT2D eigenvalue weighted by atomic mass is 9.85. The third-order valence-electron chi connectivity index (χ3n) is 5.37. The van der Waals surface area contributed by atoms with E-state index in [0.717, 1.165) is 6.42 Å². The molecule has 30 heavy (non-hydrogen) atoms. The highest BCUT2D eigenvalue weighted by Crippen LogP contribution is 2.32. The highest BCUT2D eigenvalue weighted by atomic mass is 16.5. The quantitative estimate of drug-likeness (QED) is 0.519. The predicted molar refractivity (Wildman–Crippen MR) is 107 cm³/mol. The summed E-state index contributed by atoms with van der Waals surface area (Å²) < 4.78 is 14.8. The molecule has 1 fully saturated rings. The van der Waals surface area contributed by atoms with Gasteiger partial charge in [0, 0.05) is 24.5 Å². The maximum absolute atomic E-state index is 13.0. The van der Waals surface area contributed by atoms with Gasteiger partial charge in [0.2, 0.25) is 0 Å². The molecule has 0 saturated carbocycles. The number of likely N-dealkylation sites (tertiary alicyclic amines) is 1. The summed E-state index contributed by atoms with van der Waals surface area (Å²) in [5, 5.41) is 2.90. The fraction of sp³-hybridized carbons (Fsp3) is 0.619. The van der Waals surface area contributed by atoms with Gasteiger partial charge in [-0.2, -0.15) is 0 Å². The topological polar surface area (TPSA) is 111 Å². The van der Waals surface area contributed by atoms with Crippen molar-refractivity contribution in [3.63, 3.8) is 0 Å². The van der Waals surface area contributed by atoms with E-state index in [-0.39, 0.29) is 17.1 Å². The molecule has 0 aromatic carbocycles. The third-order valence-corrected chi connectivity index (χ3v) is 5.37. The van der Waals surface area contributed by atoms with Crippen LogP contribution in [0.4, 0.5) is 0 Å². The maximum atomic E-state index is 13.0. The lowest BCUT2D eigenvalue weighted by molar-refractivity contribution is -0.156. The zero-order chi connectivity index (χ0) is 22.6. The summed E-state index contributed by atoms with van der Waals surface area (Å²) in [5.74, 6) is -3.37. The Balaban J connectivity index is 2.23. The first-order valence-corrected chi connectivity index (χ1v) is 9.90. The van der Waals surface area contributed by atoms with Crippen LogP contribution in [0.25, 0.3) is 0 Å². The monoisotopic (exact) mass is 422 g/mol. The molecule has 2 aliphatic heterocycles. The van der Waals surface area contributed by atoms with Crippen LogP contribution in [0.3, 0.4) is 0 Å². The Morgan fingerprint density at radius 2 is 1.40 bits per heavy atom. The molecule has 0 aromatic rings. The zero-order valence-electron chi connectivity index (χ0n) is 18.4. The van der Waals surface area contributed by atoms with Crippen molar-refractivity contribution in [3.05, 3.63) is 22.5 Å². The second kappa shape index (κ2) is 9.77. The summed E-state index contributed by atoms with van der Waals surface area (Å²) in [6.07, 6.45) is 1.04. The van der Waals surface area contributed by atoms with E-state index in [9.17, 15) is 19.2 Å². The molecular formula is C21H30N2O7. The largest absolute Gasteiger partial charge is 0.466 e. The Hall–Kier alpha value is -2.84. The molecule has 1 amide bonds. The smallest absolute Gasteiger partial charge is 0.336 e. The molecule has 0 aromatic heterocycles. The average Bonchev–Trinajstić information content (AvgIpc) is 2.69. The fourth-order valence-corrected chi connectivity index (χ4v) is 4.16. The van der Waals surface area contributed by atoms with Gasteiger partial charge in [-0.1, -0.05) is 13.8 Å². The minimum atomic E-state index is -1.35. The Kier molecular flexibility index (Phi) is 7.64. The molecule has 2 atom stereocenters. The van der Waals surface area contributed by atoms with Gasteiger partial charge in [0.15, 0.2) is 6.61 Å². The minimum Gasteiger partial charge on any atom is -0.466 e. The Morgan fingerprint density at radius 1 is 0.933 bits per heavy atom. The molecular weight excluding hydrogens is 392 g/mol. The molecule has 166 valence electrons. The van der Waals surface area contributed by atoms with Crippen molar-refractivity contribution >= 4 is 23.8 Å². The van der Waals surface area contributed by atoms with Crippen LogP contribution in [0, 0.1) is 17.8 Å². The number of ether oxygens (including phenoxy) is 3. The van der Waals surface area contributed by atoms with Crippen LogP contribution in [0.5, 0.6) is 0 Å². The predicted octanol–water partition coefficient (Wildman–Crippen LogP) is 1.15. The van der Waals surface area contributed by atoms with E-state index < -0.39 is 30.4 Å². The van der Waals surface area contributed by atoms with Gasteiger partial charge in [-0.05, 0) is 32.1 Å². The van der Waals surface area contributed by atoms with Crippen LogP contribution in [0.15, 0.2) is 22.5 Å². The second-order valence-corrected chi connectivity index (χ2v) is 7.97. The van der Waals surface area contributed by atoms with E-state index in [4.69, 9.17) is 14.2 Å². The first kappa shape index (κ1) is 23.4. The number of hydrogen-bond donors (Lipinski definition) is 1. The highest BCUT2D eigenvalue weighted by Gasteiger charge is 2.42. The summed E-state index contributed by atoms with van der Waals surface area (Å²) in [7, 11) is 2.35. The van der Waals surface area contributed by atoms with Crippen molar-refractivity contribution in [2.24, 2.45) is 17.8 Å². The van der Waals surface area contributed by atoms with Crippen molar-refractivity contribution in [3.8, 4) is 0 Å². The van der Waals surface area contributed by atoms with Crippen LogP contribution >= 0.6 is 0 Å². The van der Waals surface area contributed by atoms with Gasteiger partial charge < -0.3 is 24.4 Å². The number of allylic oxidation sites excluding steroid dienone is 2. The van der Waals surface area contributed by atoms with Crippen molar-refractivity contribution in [2.75, 3.05) is 33.9 Å². The summed E-state index contributed by atoms with van der Waals surface area (Å²) >= 11 is 0. The van der Waals surface area contributed by atoms with Crippen LogP contribution < -0.4 is 5.32 Å². The number of piperidine rings is 1. The van der Waals surface area contributed by atoms with Gasteiger partial charge in [-0.25, -0.2) is 9.59 Å². The summed E-state index contributed by atoms with van der Waals surface area (Å²) in [6, 6.07) is 0. The van der Waals surface area contributed by atoms with Gasteiger partial charge in [0.25, 0.3) is 5.91 Å². The van der Waals surface area contributed by atoms with Crippen LogP contribution in [-0.4, -0.2) is 62.6 Å². The molecule has 0 spiro atoms. The van der Waals surface area contributed by atoms with Crippen molar-refractivity contribution in [2.45, 2.75) is 34.1 Å². The number of nitrogens with one attached hydrogen (secondary N) is 1. The number of amides is 1. The molecule has 2 heterocycles. The molecule has 0 radical (unpaired) electrons. The van der Waals surface area contributed by atoms with Gasteiger partial charge in [-0.15, -0.1) is 0 Å². The first-order valence-electron chi connectivity index (χ1n) is 9.90. The molecule has 2 rings (SSSR count). The van der Waals surface area contributed by atoms with Crippen LogP contribution in [-0.2, 0) is 33.4 Å². The van der Waals surface area contributed by atoms with Crippen molar-refractivity contribution in [1.82, 2.24) is 10.2 Å². The molecule has 2 unspecified atom stereocenters. The molecule has 0 aliphatic carbocycles. The summed E-state index contributed by atoms with van der Waals surface area (Å²) in [5.41, 5.74) is 0.611. The van der Waals surface area contributed by atoms with Gasteiger partial charge in [-0.3, -0.25) is 9.59 Å². The number of rotatable bonds is 5. The van der Waals surface area contributed by atoms with E-state index >= 15 is 0 Å². The number of methoxy groups -OCH3 is 2. The SMILES string of the molecule is COC(=O)C1=C(C)NC(C)=C(C(=O)OC)C1C(=O)OCC(=O)N1CC(C)CC(C)C1. The Bertz CT molecular complexity index is 751. The Morgan fingerprint density at radius 3 is 1.83 bits per heavy atom. The molecule has 1 saturated heterocycles. The number of nitrogens with zero attached hydrogens (tertiary/aromatic N) is 1. The minimum absolute atomic E-state index is 0.0545. The summed E-state index contributed by atoms with van der Waals surface area (Å²) in [6.45, 7) is 8.06. The van der Waals surface area contributed by atoms with Gasteiger partial charge >= 0.3 is 17.9 Å². The lowest BCUT2D eigenvalue weighted by Crippen LogP contribution is -2.45. The first-order chi connectivity index (χ1) is 14.1. The van der Waals surface area contributed by atoms with Crippen molar-refractivity contribution < 1.29 is 33.4 Å². The lowest BCUT2D eigenvalue weighted by Gasteiger charge is -2.35. The summed E-state index contributed by atoms with van der Waals surface area (Å²) in [4.78, 5) is 51.9. The van der Waals surface area contributed by atoms with Crippen molar-refractivity contribution in [1.29, 1.82) is 0 Å². The van der Waals surface area contributed by atoms with Crippen LogP contribution in [0.1, 0.15) is 34.1 Å². The molecule has 9 heteroatoms. The number of hydrogen-bond acceptors (Lipinski definition) is 8. The van der Waals surface area contributed by atoms with Gasteiger partial charge in [0.1, 0.15) is 5.92 Å². The fourth-order valence-electron chi connectivity index (χ4n) is 4.16. The number of esters is 3. The van der Waals surface area contributed by atoms with E-state index in [1.54, 1.807) is 18.7 Å². The van der Waals surface area contributed by atoms with E-state index in [1.807, 2.05) is 0 Å². The van der Waals surface area contributed by atoms with Crippen LogP contribution in [0.2, 0.25) is 0 Å². The number of dihydropyridines is 1. The molecule has 2 aliphatic rings. The second-order valence-electron chi connectivity index (χ2n) is 7.97. The van der Waals surface area contributed by atoms with Gasteiger partial charge in [0.05, 0.1) is 25.4 Å². The zero-order valence-corrected chi connectivity index (χ0v) is 18.4.